The van der Waals surface area contributed by atoms with Crippen LogP contribution in [0.5, 0.6) is 11.5 Å². The lowest BCUT2D eigenvalue weighted by molar-refractivity contribution is 0.0346. The predicted octanol–water partition coefficient (Wildman–Crippen LogP) is 2.10. The first-order valence-corrected chi connectivity index (χ1v) is 6.33. The Balaban J connectivity index is 2.04. The summed E-state index contributed by atoms with van der Waals surface area (Å²) in [6.07, 6.45) is 3.43. The molecule has 100 valence electrons. The fourth-order valence-electron chi connectivity index (χ4n) is 2.43. The first kappa shape index (κ1) is 13.2. The standard InChI is InChI=1S/C14H21NO3/c1-16-13-8-3-5-10(14(13)17-2)9-18-12-7-4-6-11(12)15/h3,5,8,11-12H,4,6-7,9,15H2,1-2H3/t11-,12-/m0/s1. The Kier molecular flexibility index (Phi) is 4.44. The van der Waals surface area contributed by atoms with Crippen molar-refractivity contribution in [1.82, 2.24) is 0 Å². The van der Waals surface area contributed by atoms with Crippen molar-refractivity contribution in [2.75, 3.05) is 14.2 Å². The van der Waals surface area contributed by atoms with Crippen LogP contribution in [0.3, 0.4) is 0 Å². The van der Waals surface area contributed by atoms with Gasteiger partial charge >= 0.3 is 0 Å². The van der Waals surface area contributed by atoms with Crippen LogP contribution in [-0.4, -0.2) is 26.4 Å². The molecule has 0 bridgehead atoms. The van der Waals surface area contributed by atoms with Crippen molar-refractivity contribution < 1.29 is 14.2 Å². The maximum atomic E-state index is 5.99. The molecule has 0 aromatic heterocycles. The zero-order valence-corrected chi connectivity index (χ0v) is 11.0. The van der Waals surface area contributed by atoms with E-state index < -0.39 is 0 Å². The average molecular weight is 251 g/mol. The van der Waals surface area contributed by atoms with E-state index >= 15 is 0 Å². The molecule has 4 heteroatoms. The Labute approximate surface area is 108 Å². The molecule has 2 rings (SSSR count). The molecule has 0 spiro atoms. The lowest BCUT2D eigenvalue weighted by Crippen LogP contribution is -2.31. The summed E-state index contributed by atoms with van der Waals surface area (Å²) in [7, 11) is 3.28. The van der Waals surface area contributed by atoms with E-state index in [1.165, 1.54) is 0 Å². The lowest BCUT2D eigenvalue weighted by atomic mass is 10.2. The van der Waals surface area contributed by atoms with E-state index in [2.05, 4.69) is 0 Å². The molecule has 0 saturated heterocycles. The first-order chi connectivity index (χ1) is 8.76. The number of rotatable bonds is 5. The van der Waals surface area contributed by atoms with Crippen molar-refractivity contribution in [3.63, 3.8) is 0 Å². The Morgan fingerprint density at radius 3 is 2.67 bits per heavy atom. The number of methoxy groups -OCH3 is 2. The van der Waals surface area contributed by atoms with E-state index in [-0.39, 0.29) is 12.1 Å². The van der Waals surface area contributed by atoms with Crippen molar-refractivity contribution in [3.8, 4) is 11.5 Å². The summed E-state index contributed by atoms with van der Waals surface area (Å²) in [6.45, 7) is 0.513. The van der Waals surface area contributed by atoms with Gasteiger partial charge in [0.25, 0.3) is 0 Å². The lowest BCUT2D eigenvalue weighted by Gasteiger charge is -2.18. The third-order valence-corrected chi connectivity index (χ3v) is 3.44. The molecule has 2 N–H and O–H groups in total. The second-order valence-corrected chi connectivity index (χ2v) is 4.60. The Hall–Kier alpha value is -1.26. The molecule has 18 heavy (non-hydrogen) atoms. The Morgan fingerprint density at radius 1 is 1.22 bits per heavy atom. The highest BCUT2D eigenvalue weighted by Gasteiger charge is 2.24. The Bertz CT molecular complexity index is 395. The fourth-order valence-corrected chi connectivity index (χ4v) is 2.43. The van der Waals surface area contributed by atoms with Gasteiger partial charge in [-0.15, -0.1) is 0 Å². The summed E-state index contributed by atoms with van der Waals surface area (Å²) < 4.78 is 16.5. The molecule has 1 aliphatic carbocycles. The van der Waals surface area contributed by atoms with Gasteiger partial charge in [0.15, 0.2) is 11.5 Å². The van der Waals surface area contributed by atoms with Gasteiger partial charge in [-0.1, -0.05) is 12.1 Å². The van der Waals surface area contributed by atoms with E-state index in [0.29, 0.717) is 6.61 Å². The van der Waals surface area contributed by atoms with Crippen LogP contribution in [0, 0.1) is 0 Å². The molecule has 1 aromatic carbocycles. The minimum absolute atomic E-state index is 0.168. The normalized spacial score (nSPS) is 23.1. The van der Waals surface area contributed by atoms with Gasteiger partial charge in [0.05, 0.1) is 26.9 Å². The average Bonchev–Trinajstić information content (AvgIpc) is 2.81. The van der Waals surface area contributed by atoms with Gasteiger partial charge in [-0.3, -0.25) is 0 Å². The van der Waals surface area contributed by atoms with Gasteiger partial charge < -0.3 is 19.9 Å². The van der Waals surface area contributed by atoms with Crippen molar-refractivity contribution in [1.29, 1.82) is 0 Å². The zero-order chi connectivity index (χ0) is 13.0. The third kappa shape index (κ3) is 2.76. The minimum atomic E-state index is 0.168. The smallest absolute Gasteiger partial charge is 0.166 e. The van der Waals surface area contributed by atoms with E-state index in [0.717, 1.165) is 36.3 Å². The quantitative estimate of drug-likeness (QED) is 0.870. The molecule has 0 amide bonds. The van der Waals surface area contributed by atoms with Crippen LogP contribution in [0.4, 0.5) is 0 Å². The second kappa shape index (κ2) is 6.07. The molecule has 0 aliphatic heterocycles. The maximum Gasteiger partial charge on any atom is 0.166 e. The van der Waals surface area contributed by atoms with Crippen molar-refractivity contribution in [2.24, 2.45) is 5.73 Å². The van der Waals surface area contributed by atoms with Gasteiger partial charge in [0.1, 0.15) is 0 Å². The minimum Gasteiger partial charge on any atom is -0.493 e. The number of ether oxygens (including phenoxy) is 3. The van der Waals surface area contributed by atoms with Crippen molar-refractivity contribution in [3.05, 3.63) is 23.8 Å². The molecule has 1 aliphatic rings. The number of hydrogen-bond donors (Lipinski definition) is 1. The first-order valence-electron chi connectivity index (χ1n) is 6.33. The van der Waals surface area contributed by atoms with Crippen LogP contribution in [-0.2, 0) is 11.3 Å². The van der Waals surface area contributed by atoms with Gasteiger partial charge in [-0.2, -0.15) is 0 Å². The molecule has 4 nitrogen and oxygen atoms in total. The molecule has 0 unspecified atom stereocenters. The summed E-state index contributed by atoms with van der Waals surface area (Å²) in [5.41, 5.74) is 6.99. The van der Waals surface area contributed by atoms with Gasteiger partial charge in [0, 0.05) is 11.6 Å². The molecule has 0 radical (unpaired) electrons. The third-order valence-electron chi connectivity index (χ3n) is 3.44. The number of para-hydroxylation sites is 1. The van der Waals surface area contributed by atoms with Crippen molar-refractivity contribution in [2.45, 2.75) is 38.0 Å². The van der Waals surface area contributed by atoms with E-state index in [1.54, 1.807) is 14.2 Å². The molecular weight excluding hydrogens is 230 g/mol. The summed E-state index contributed by atoms with van der Waals surface area (Å²) in [4.78, 5) is 0. The van der Waals surface area contributed by atoms with Crippen LogP contribution in [0.1, 0.15) is 24.8 Å². The highest BCUT2D eigenvalue weighted by Crippen LogP contribution is 2.32. The topological polar surface area (TPSA) is 53.7 Å². The summed E-state index contributed by atoms with van der Waals surface area (Å²) in [5, 5.41) is 0. The van der Waals surface area contributed by atoms with Crippen LogP contribution in [0.2, 0.25) is 0 Å². The van der Waals surface area contributed by atoms with E-state index in [1.807, 2.05) is 18.2 Å². The van der Waals surface area contributed by atoms with Gasteiger partial charge in [-0.25, -0.2) is 0 Å². The summed E-state index contributed by atoms with van der Waals surface area (Å²) in [6, 6.07) is 5.97. The SMILES string of the molecule is COc1cccc(CO[C@H]2CCC[C@@H]2N)c1OC. The Morgan fingerprint density at radius 2 is 2.06 bits per heavy atom. The van der Waals surface area contributed by atoms with Gasteiger partial charge in [0.2, 0.25) is 0 Å². The van der Waals surface area contributed by atoms with Gasteiger partial charge in [-0.05, 0) is 25.3 Å². The monoisotopic (exact) mass is 251 g/mol. The van der Waals surface area contributed by atoms with Crippen LogP contribution in [0.25, 0.3) is 0 Å². The number of hydrogen-bond acceptors (Lipinski definition) is 4. The predicted molar refractivity (Wildman–Crippen MR) is 69.9 cm³/mol. The van der Waals surface area contributed by atoms with Crippen LogP contribution >= 0.6 is 0 Å². The second-order valence-electron chi connectivity index (χ2n) is 4.60. The largest absolute Gasteiger partial charge is 0.493 e. The zero-order valence-electron chi connectivity index (χ0n) is 11.0. The van der Waals surface area contributed by atoms with E-state index in [9.17, 15) is 0 Å². The van der Waals surface area contributed by atoms with Crippen LogP contribution in [0.15, 0.2) is 18.2 Å². The number of nitrogens with two attached hydrogens (primary N) is 1. The highest BCUT2D eigenvalue weighted by molar-refractivity contribution is 5.46. The number of benzene rings is 1. The summed E-state index contributed by atoms with van der Waals surface area (Å²) in [5.74, 6) is 1.47. The molecular formula is C14H21NO3. The molecule has 1 fully saturated rings. The van der Waals surface area contributed by atoms with Crippen LogP contribution < -0.4 is 15.2 Å². The fraction of sp³-hybridized carbons (Fsp3) is 0.571. The molecule has 2 atom stereocenters. The van der Waals surface area contributed by atoms with Crippen molar-refractivity contribution >= 4 is 0 Å². The highest BCUT2D eigenvalue weighted by atomic mass is 16.5. The maximum absolute atomic E-state index is 5.99. The molecule has 1 saturated carbocycles. The van der Waals surface area contributed by atoms with E-state index in [4.69, 9.17) is 19.9 Å². The molecule has 0 heterocycles. The molecule has 1 aromatic rings. The summed E-state index contributed by atoms with van der Waals surface area (Å²) >= 11 is 0.